The second-order valence-corrected chi connectivity index (χ2v) is 2.62. The molecule has 1 aromatic carbocycles. The third-order valence-electron chi connectivity index (χ3n) is 1.81. The van der Waals surface area contributed by atoms with Crippen LogP contribution >= 0.6 is 0 Å². The van der Waals surface area contributed by atoms with Crippen molar-refractivity contribution < 1.29 is 4.74 Å². The summed E-state index contributed by atoms with van der Waals surface area (Å²) in [6.45, 7) is 1.88. The lowest BCUT2D eigenvalue weighted by Gasteiger charge is -2.03. The Morgan fingerprint density at radius 3 is 2.33 bits per heavy atom. The fourth-order valence-electron chi connectivity index (χ4n) is 0.967. The first-order valence-corrected chi connectivity index (χ1v) is 3.81. The number of methoxy groups -OCH3 is 1. The summed E-state index contributed by atoms with van der Waals surface area (Å²) in [7, 11) is 1.63. The molecule has 62 valence electrons. The summed E-state index contributed by atoms with van der Waals surface area (Å²) >= 11 is 0. The van der Waals surface area contributed by atoms with Crippen molar-refractivity contribution in [2.45, 2.75) is 12.8 Å². The first-order valence-electron chi connectivity index (χ1n) is 3.81. The Morgan fingerprint density at radius 2 is 1.92 bits per heavy atom. The zero-order valence-electron chi connectivity index (χ0n) is 7.24. The monoisotopic (exact) mass is 161 g/mol. The van der Waals surface area contributed by atoms with Crippen LogP contribution in [0.2, 0.25) is 0 Å². The van der Waals surface area contributed by atoms with Gasteiger partial charge in [-0.05, 0) is 24.6 Å². The first-order chi connectivity index (χ1) is 5.77. The summed E-state index contributed by atoms with van der Waals surface area (Å²) in [5.41, 5.74) is 1.03. The average Bonchev–Trinajstić information content (AvgIpc) is 2.17. The normalized spacial score (nSPS) is 11.8. The lowest BCUT2D eigenvalue weighted by atomic mass is 10.0. The predicted molar refractivity (Wildman–Crippen MR) is 47.0 cm³/mol. The SMILES string of the molecule is COc1ccc([C@H](C)C#N)cc1. The molecule has 0 radical (unpaired) electrons. The largest absolute Gasteiger partial charge is 0.497 e. The molecule has 0 aromatic heterocycles. The summed E-state index contributed by atoms with van der Waals surface area (Å²) in [6.07, 6.45) is 0. The minimum atomic E-state index is -0.0455. The summed E-state index contributed by atoms with van der Waals surface area (Å²) in [4.78, 5) is 0. The molecule has 2 nitrogen and oxygen atoms in total. The van der Waals surface area contributed by atoms with Gasteiger partial charge >= 0.3 is 0 Å². The quantitative estimate of drug-likeness (QED) is 0.666. The molecule has 1 aromatic rings. The molecule has 1 rings (SSSR count). The van der Waals surface area contributed by atoms with E-state index in [1.54, 1.807) is 7.11 Å². The standard InChI is InChI=1S/C10H11NO/c1-8(7-11)9-3-5-10(12-2)6-4-9/h3-6,8H,1-2H3/t8-/m1/s1. The molecule has 0 unspecified atom stereocenters. The third-order valence-corrected chi connectivity index (χ3v) is 1.81. The zero-order valence-corrected chi connectivity index (χ0v) is 7.24. The lowest BCUT2D eigenvalue weighted by Crippen LogP contribution is -1.89. The van der Waals surface area contributed by atoms with Crippen molar-refractivity contribution >= 4 is 0 Å². The van der Waals surface area contributed by atoms with E-state index in [0.717, 1.165) is 11.3 Å². The van der Waals surface area contributed by atoms with Crippen LogP contribution in [0.25, 0.3) is 0 Å². The molecule has 0 bridgehead atoms. The van der Waals surface area contributed by atoms with E-state index in [4.69, 9.17) is 10.00 Å². The Labute approximate surface area is 72.4 Å². The summed E-state index contributed by atoms with van der Waals surface area (Å²) < 4.78 is 5.00. The van der Waals surface area contributed by atoms with E-state index < -0.39 is 0 Å². The van der Waals surface area contributed by atoms with Gasteiger partial charge in [-0.15, -0.1) is 0 Å². The van der Waals surface area contributed by atoms with Gasteiger partial charge in [0, 0.05) is 0 Å². The van der Waals surface area contributed by atoms with Gasteiger partial charge in [0.05, 0.1) is 19.1 Å². The molecule has 0 saturated carbocycles. The number of hydrogen-bond acceptors (Lipinski definition) is 2. The fraction of sp³-hybridized carbons (Fsp3) is 0.300. The van der Waals surface area contributed by atoms with Gasteiger partial charge in [-0.25, -0.2) is 0 Å². The fourth-order valence-corrected chi connectivity index (χ4v) is 0.967. The second-order valence-electron chi connectivity index (χ2n) is 2.62. The molecule has 0 saturated heterocycles. The average molecular weight is 161 g/mol. The van der Waals surface area contributed by atoms with Gasteiger partial charge in [-0.1, -0.05) is 12.1 Å². The Hall–Kier alpha value is -1.49. The molecule has 0 aliphatic rings. The molecule has 0 heterocycles. The van der Waals surface area contributed by atoms with Crippen molar-refractivity contribution in [3.05, 3.63) is 29.8 Å². The maximum absolute atomic E-state index is 8.63. The molecule has 0 aliphatic heterocycles. The van der Waals surface area contributed by atoms with Crippen LogP contribution in [0, 0.1) is 11.3 Å². The highest BCUT2D eigenvalue weighted by molar-refractivity contribution is 5.31. The van der Waals surface area contributed by atoms with Gasteiger partial charge in [0.25, 0.3) is 0 Å². The van der Waals surface area contributed by atoms with Crippen molar-refractivity contribution in [2.24, 2.45) is 0 Å². The molecule has 0 N–H and O–H groups in total. The van der Waals surface area contributed by atoms with Crippen molar-refractivity contribution in [1.82, 2.24) is 0 Å². The third kappa shape index (κ3) is 1.76. The Balaban J connectivity index is 2.86. The maximum Gasteiger partial charge on any atom is 0.118 e. The molecule has 0 spiro atoms. The van der Waals surface area contributed by atoms with Crippen molar-refractivity contribution in [3.8, 4) is 11.8 Å². The van der Waals surface area contributed by atoms with Crippen molar-refractivity contribution in [2.75, 3.05) is 7.11 Å². The minimum Gasteiger partial charge on any atom is -0.497 e. The highest BCUT2D eigenvalue weighted by atomic mass is 16.5. The van der Waals surface area contributed by atoms with Crippen LogP contribution in [0.15, 0.2) is 24.3 Å². The number of ether oxygens (including phenoxy) is 1. The van der Waals surface area contributed by atoms with Crippen LogP contribution < -0.4 is 4.74 Å². The van der Waals surface area contributed by atoms with E-state index in [0.29, 0.717) is 0 Å². The molecule has 12 heavy (non-hydrogen) atoms. The van der Waals surface area contributed by atoms with E-state index in [2.05, 4.69) is 6.07 Å². The number of nitriles is 1. The number of hydrogen-bond donors (Lipinski definition) is 0. The van der Waals surface area contributed by atoms with Crippen LogP contribution in [-0.2, 0) is 0 Å². The number of rotatable bonds is 2. The summed E-state index contributed by atoms with van der Waals surface area (Å²) in [5, 5.41) is 8.63. The van der Waals surface area contributed by atoms with Crippen LogP contribution in [0.4, 0.5) is 0 Å². The summed E-state index contributed by atoms with van der Waals surface area (Å²) in [6, 6.07) is 9.73. The van der Waals surface area contributed by atoms with Crippen LogP contribution in [0.3, 0.4) is 0 Å². The Morgan fingerprint density at radius 1 is 1.33 bits per heavy atom. The van der Waals surface area contributed by atoms with Gasteiger partial charge in [0.2, 0.25) is 0 Å². The van der Waals surface area contributed by atoms with Gasteiger partial charge in [-0.3, -0.25) is 0 Å². The van der Waals surface area contributed by atoms with E-state index >= 15 is 0 Å². The second kappa shape index (κ2) is 3.77. The number of benzene rings is 1. The number of nitrogens with zero attached hydrogens (tertiary/aromatic N) is 1. The molecule has 2 heteroatoms. The van der Waals surface area contributed by atoms with E-state index in [9.17, 15) is 0 Å². The van der Waals surface area contributed by atoms with Gasteiger partial charge in [0.1, 0.15) is 5.75 Å². The van der Waals surface area contributed by atoms with Gasteiger partial charge in [-0.2, -0.15) is 5.26 Å². The van der Waals surface area contributed by atoms with Gasteiger partial charge in [0.15, 0.2) is 0 Å². The molecular formula is C10H11NO. The van der Waals surface area contributed by atoms with E-state index in [1.807, 2.05) is 31.2 Å². The van der Waals surface area contributed by atoms with Crippen LogP contribution in [-0.4, -0.2) is 7.11 Å². The molecule has 1 atom stereocenters. The molecular weight excluding hydrogens is 150 g/mol. The van der Waals surface area contributed by atoms with Crippen molar-refractivity contribution in [1.29, 1.82) is 5.26 Å². The summed E-state index contributed by atoms with van der Waals surface area (Å²) in [5.74, 6) is 0.778. The molecule has 0 amide bonds. The van der Waals surface area contributed by atoms with E-state index in [-0.39, 0.29) is 5.92 Å². The predicted octanol–water partition coefficient (Wildman–Crippen LogP) is 2.32. The highest BCUT2D eigenvalue weighted by Gasteiger charge is 2.02. The Bertz CT molecular complexity index is 284. The first kappa shape index (κ1) is 8.61. The zero-order chi connectivity index (χ0) is 8.97. The lowest BCUT2D eigenvalue weighted by molar-refractivity contribution is 0.414. The van der Waals surface area contributed by atoms with Crippen molar-refractivity contribution in [3.63, 3.8) is 0 Å². The highest BCUT2D eigenvalue weighted by Crippen LogP contribution is 2.17. The van der Waals surface area contributed by atoms with E-state index in [1.165, 1.54) is 0 Å². The van der Waals surface area contributed by atoms with Crippen LogP contribution in [0.1, 0.15) is 18.4 Å². The minimum absolute atomic E-state index is 0.0455. The smallest absolute Gasteiger partial charge is 0.118 e. The van der Waals surface area contributed by atoms with Crippen LogP contribution in [0.5, 0.6) is 5.75 Å². The topological polar surface area (TPSA) is 33.0 Å². The maximum atomic E-state index is 8.63. The molecule has 0 fully saturated rings. The molecule has 0 aliphatic carbocycles. The Kier molecular flexibility index (Phi) is 2.71. The van der Waals surface area contributed by atoms with Gasteiger partial charge < -0.3 is 4.74 Å².